The number of nitrogens with two attached hydrogens (primary N) is 1. The molecule has 0 aliphatic rings. The third-order valence-corrected chi connectivity index (χ3v) is 2.34. The van der Waals surface area contributed by atoms with Crippen molar-refractivity contribution in [3.63, 3.8) is 0 Å². The number of rotatable bonds is 1. The van der Waals surface area contributed by atoms with Crippen LogP contribution in [0.25, 0.3) is 10.9 Å². The fourth-order valence-corrected chi connectivity index (χ4v) is 1.69. The Morgan fingerprint density at radius 3 is 2.59 bits per heavy atom. The van der Waals surface area contributed by atoms with E-state index >= 15 is 0 Å². The summed E-state index contributed by atoms with van der Waals surface area (Å²) < 4.78 is 36.7. The van der Waals surface area contributed by atoms with Gasteiger partial charge in [0.05, 0.1) is 11.9 Å². The Bertz CT molecular complexity index is 568. The molecule has 0 aliphatic heterocycles. The van der Waals surface area contributed by atoms with Gasteiger partial charge in [-0.2, -0.15) is 13.2 Å². The Labute approximate surface area is 99.4 Å². The smallest absolute Gasteiger partial charge is 0.383 e. The molecule has 90 valence electrons. The van der Waals surface area contributed by atoms with E-state index in [0.717, 1.165) is 0 Å². The number of benzene rings is 1. The van der Waals surface area contributed by atoms with Gasteiger partial charge in [-0.25, -0.2) is 9.97 Å². The summed E-state index contributed by atoms with van der Waals surface area (Å²) in [5.41, 5.74) is 6.11. The largest absolute Gasteiger partial charge is 0.393 e. The number of alkyl halides is 3. The molecule has 0 radical (unpaired) electrons. The molecule has 0 unspecified atom stereocenters. The molecular formula is C10H7ClF3N3. The number of aromatic nitrogens is 2. The zero-order chi connectivity index (χ0) is 12.6. The highest BCUT2D eigenvalue weighted by molar-refractivity contribution is 6.28. The van der Waals surface area contributed by atoms with Crippen LogP contribution in [-0.4, -0.2) is 16.1 Å². The van der Waals surface area contributed by atoms with Gasteiger partial charge >= 0.3 is 6.18 Å². The van der Waals surface area contributed by atoms with Crippen molar-refractivity contribution in [2.75, 3.05) is 5.73 Å². The molecule has 2 aromatic rings. The average Bonchev–Trinajstić information content (AvgIpc) is 2.16. The fourth-order valence-electron chi connectivity index (χ4n) is 1.51. The van der Waals surface area contributed by atoms with Gasteiger partial charge in [0.25, 0.3) is 0 Å². The maximum atomic E-state index is 12.2. The van der Waals surface area contributed by atoms with Gasteiger partial charge in [-0.1, -0.05) is 6.07 Å². The van der Waals surface area contributed by atoms with Crippen LogP contribution in [0.2, 0.25) is 5.28 Å². The van der Waals surface area contributed by atoms with Gasteiger partial charge in [0.1, 0.15) is 5.82 Å². The van der Waals surface area contributed by atoms with E-state index in [1.807, 2.05) is 0 Å². The molecule has 0 spiro atoms. The Balaban J connectivity index is 2.51. The van der Waals surface area contributed by atoms with Crippen LogP contribution in [0.1, 0.15) is 5.56 Å². The molecule has 0 bridgehead atoms. The van der Waals surface area contributed by atoms with E-state index < -0.39 is 12.6 Å². The third-order valence-electron chi connectivity index (χ3n) is 2.17. The van der Waals surface area contributed by atoms with Crippen LogP contribution in [0.15, 0.2) is 18.2 Å². The molecular weight excluding hydrogens is 255 g/mol. The maximum Gasteiger partial charge on any atom is 0.393 e. The van der Waals surface area contributed by atoms with E-state index in [0.29, 0.717) is 10.9 Å². The highest BCUT2D eigenvalue weighted by atomic mass is 35.5. The first kappa shape index (κ1) is 11.9. The third kappa shape index (κ3) is 2.76. The minimum absolute atomic E-state index is 0.0291. The van der Waals surface area contributed by atoms with Gasteiger partial charge in [0.2, 0.25) is 5.28 Å². The van der Waals surface area contributed by atoms with Crippen LogP contribution in [0.4, 0.5) is 19.0 Å². The lowest BCUT2D eigenvalue weighted by molar-refractivity contribution is -0.127. The van der Waals surface area contributed by atoms with E-state index in [1.165, 1.54) is 18.2 Å². The van der Waals surface area contributed by atoms with Crippen molar-refractivity contribution < 1.29 is 13.2 Å². The minimum atomic E-state index is -4.25. The predicted molar refractivity (Wildman–Crippen MR) is 58.7 cm³/mol. The molecule has 1 aromatic carbocycles. The molecule has 1 heterocycles. The van der Waals surface area contributed by atoms with Crippen molar-refractivity contribution in [2.45, 2.75) is 12.6 Å². The first-order chi connectivity index (χ1) is 7.85. The lowest BCUT2D eigenvalue weighted by Gasteiger charge is -2.08. The number of nitrogen functional groups attached to an aromatic ring is 1. The van der Waals surface area contributed by atoms with Crippen molar-refractivity contribution in [3.8, 4) is 0 Å². The van der Waals surface area contributed by atoms with Gasteiger partial charge in [-0.15, -0.1) is 0 Å². The van der Waals surface area contributed by atoms with Crippen molar-refractivity contribution in [1.82, 2.24) is 9.97 Å². The molecule has 0 saturated heterocycles. The number of hydrogen-bond acceptors (Lipinski definition) is 3. The SMILES string of the molecule is Nc1nc(Cl)nc2ccc(CC(F)(F)F)cc12. The summed E-state index contributed by atoms with van der Waals surface area (Å²) >= 11 is 5.59. The second-order valence-corrected chi connectivity index (χ2v) is 3.86. The molecule has 2 N–H and O–H groups in total. The van der Waals surface area contributed by atoms with Gasteiger partial charge < -0.3 is 5.73 Å². The standard InChI is InChI=1S/C10H7ClF3N3/c11-9-16-7-2-1-5(4-10(12,13)14)3-6(7)8(15)17-9/h1-3H,4H2,(H2,15,16,17). The summed E-state index contributed by atoms with van der Waals surface area (Å²) in [6.07, 6.45) is -5.26. The topological polar surface area (TPSA) is 51.8 Å². The fraction of sp³-hybridized carbons (Fsp3) is 0.200. The summed E-state index contributed by atoms with van der Waals surface area (Å²) in [6, 6.07) is 4.12. The van der Waals surface area contributed by atoms with Gasteiger partial charge in [-0.05, 0) is 29.3 Å². The van der Waals surface area contributed by atoms with Crippen LogP contribution < -0.4 is 5.73 Å². The van der Waals surface area contributed by atoms with Gasteiger partial charge in [0.15, 0.2) is 0 Å². The Kier molecular flexibility index (Phi) is 2.82. The van der Waals surface area contributed by atoms with Crippen LogP contribution in [0.3, 0.4) is 0 Å². The van der Waals surface area contributed by atoms with Crippen LogP contribution in [0, 0.1) is 0 Å². The molecule has 3 nitrogen and oxygen atoms in total. The normalized spacial score (nSPS) is 12.0. The zero-order valence-corrected chi connectivity index (χ0v) is 9.18. The molecule has 1 aromatic heterocycles. The molecule has 0 fully saturated rings. The molecule has 7 heteroatoms. The summed E-state index contributed by atoms with van der Waals surface area (Å²) in [5.74, 6) is 0.0732. The molecule has 17 heavy (non-hydrogen) atoms. The monoisotopic (exact) mass is 261 g/mol. The second kappa shape index (κ2) is 4.03. The predicted octanol–water partition coefficient (Wildman–Crippen LogP) is 2.97. The molecule has 0 aliphatic carbocycles. The lowest BCUT2D eigenvalue weighted by atomic mass is 10.1. The van der Waals surface area contributed by atoms with E-state index in [4.69, 9.17) is 17.3 Å². The highest BCUT2D eigenvalue weighted by Gasteiger charge is 2.27. The van der Waals surface area contributed by atoms with E-state index in [2.05, 4.69) is 9.97 Å². The van der Waals surface area contributed by atoms with Crippen molar-refractivity contribution >= 4 is 28.3 Å². The molecule has 0 atom stereocenters. The zero-order valence-electron chi connectivity index (χ0n) is 8.42. The van der Waals surface area contributed by atoms with Gasteiger partial charge in [0, 0.05) is 5.39 Å². The van der Waals surface area contributed by atoms with Crippen molar-refractivity contribution in [1.29, 1.82) is 0 Å². The number of anilines is 1. The molecule has 2 rings (SSSR count). The quantitative estimate of drug-likeness (QED) is 0.803. The summed E-state index contributed by atoms with van der Waals surface area (Å²) in [6.45, 7) is 0. The minimum Gasteiger partial charge on any atom is -0.383 e. The van der Waals surface area contributed by atoms with Crippen molar-refractivity contribution in [3.05, 3.63) is 29.0 Å². The summed E-state index contributed by atoms with van der Waals surface area (Å²) in [5, 5.41) is 0.342. The van der Waals surface area contributed by atoms with E-state index in [9.17, 15) is 13.2 Å². The number of halogens is 4. The Morgan fingerprint density at radius 1 is 1.24 bits per heavy atom. The number of hydrogen-bond donors (Lipinski definition) is 1. The Hall–Kier alpha value is -1.56. The van der Waals surface area contributed by atoms with E-state index in [1.54, 1.807) is 0 Å². The molecule has 0 saturated carbocycles. The lowest BCUT2D eigenvalue weighted by Crippen LogP contribution is -2.11. The van der Waals surface area contributed by atoms with Gasteiger partial charge in [-0.3, -0.25) is 0 Å². The Morgan fingerprint density at radius 2 is 1.94 bits per heavy atom. The first-order valence-corrected chi connectivity index (χ1v) is 5.01. The first-order valence-electron chi connectivity index (χ1n) is 4.63. The molecule has 0 amide bonds. The van der Waals surface area contributed by atoms with Crippen LogP contribution >= 0.6 is 11.6 Å². The maximum absolute atomic E-state index is 12.2. The number of fused-ring (bicyclic) bond motifs is 1. The summed E-state index contributed by atoms with van der Waals surface area (Å²) in [4.78, 5) is 7.56. The number of nitrogens with zero attached hydrogens (tertiary/aromatic N) is 2. The van der Waals surface area contributed by atoms with Crippen LogP contribution in [0.5, 0.6) is 0 Å². The van der Waals surface area contributed by atoms with Crippen LogP contribution in [-0.2, 0) is 6.42 Å². The summed E-state index contributed by atoms with van der Waals surface area (Å²) in [7, 11) is 0. The highest BCUT2D eigenvalue weighted by Crippen LogP contribution is 2.25. The second-order valence-electron chi connectivity index (χ2n) is 3.52. The van der Waals surface area contributed by atoms with E-state index in [-0.39, 0.29) is 16.7 Å². The van der Waals surface area contributed by atoms with Crippen molar-refractivity contribution in [2.24, 2.45) is 0 Å². The average molecular weight is 262 g/mol.